The minimum Gasteiger partial charge on any atom is -0.309 e. The van der Waals surface area contributed by atoms with Gasteiger partial charge in [-0.15, -0.1) is 0 Å². The molecule has 2 rings (SSSR count). The number of alkyl halides is 3. The Kier molecular flexibility index (Phi) is 1.70. The van der Waals surface area contributed by atoms with Gasteiger partial charge in [-0.05, 0) is 0 Å². The van der Waals surface area contributed by atoms with E-state index in [2.05, 4.69) is 15.3 Å². The van der Waals surface area contributed by atoms with Gasteiger partial charge in [0.15, 0.2) is 11.5 Å². The fourth-order valence-electron chi connectivity index (χ4n) is 1.12. The Balaban J connectivity index is 2.43. The van der Waals surface area contributed by atoms with Gasteiger partial charge in [-0.25, -0.2) is 9.97 Å². The van der Waals surface area contributed by atoms with Crippen molar-refractivity contribution in [3.05, 3.63) is 17.6 Å². The van der Waals surface area contributed by atoms with Crippen molar-refractivity contribution in [1.82, 2.24) is 9.97 Å². The van der Waals surface area contributed by atoms with Crippen LogP contribution in [0.5, 0.6) is 0 Å². The minimum atomic E-state index is -4.52. The summed E-state index contributed by atoms with van der Waals surface area (Å²) in [6, 6.07) is 0. The summed E-state index contributed by atoms with van der Waals surface area (Å²) >= 11 is 0. The molecule has 0 saturated carbocycles. The highest BCUT2D eigenvalue weighted by atomic mass is 19.4. The maximum atomic E-state index is 12.1. The first-order valence-corrected chi connectivity index (χ1v) is 3.70. The number of hydrogen-bond acceptors (Lipinski definition) is 3. The van der Waals surface area contributed by atoms with Crippen molar-refractivity contribution in [3.63, 3.8) is 0 Å². The maximum Gasteiger partial charge on any atom is 0.434 e. The van der Waals surface area contributed by atoms with Crippen molar-refractivity contribution in [2.24, 2.45) is 0 Å². The Morgan fingerprint density at radius 1 is 1.43 bits per heavy atom. The number of carbonyl (C=O) groups excluding carboxylic acids is 1. The molecule has 0 radical (unpaired) electrons. The average molecular weight is 203 g/mol. The lowest BCUT2D eigenvalue weighted by Gasteiger charge is -2.05. The van der Waals surface area contributed by atoms with Crippen molar-refractivity contribution in [2.45, 2.75) is 12.6 Å². The molecule has 1 aromatic rings. The number of fused-ring (bicyclic) bond motifs is 1. The monoisotopic (exact) mass is 203 g/mol. The largest absolute Gasteiger partial charge is 0.434 e. The highest BCUT2D eigenvalue weighted by Crippen LogP contribution is 2.29. The fourth-order valence-corrected chi connectivity index (χ4v) is 1.12. The fraction of sp³-hybridized carbons (Fsp3) is 0.286. The third-order valence-corrected chi connectivity index (χ3v) is 1.72. The van der Waals surface area contributed by atoms with E-state index in [4.69, 9.17) is 0 Å². The molecule has 0 atom stereocenters. The molecule has 0 bridgehead atoms. The maximum absolute atomic E-state index is 12.1. The summed E-state index contributed by atoms with van der Waals surface area (Å²) in [5.41, 5.74) is -1.03. The van der Waals surface area contributed by atoms with Crippen molar-refractivity contribution in [1.29, 1.82) is 0 Å². The van der Waals surface area contributed by atoms with Crippen molar-refractivity contribution in [2.75, 3.05) is 5.32 Å². The van der Waals surface area contributed by atoms with Crippen LogP contribution >= 0.6 is 0 Å². The van der Waals surface area contributed by atoms with Crippen molar-refractivity contribution >= 4 is 11.7 Å². The van der Waals surface area contributed by atoms with E-state index in [0.717, 1.165) is 0 Å². The second kappa shape index (κ2) is 2.66. The van der Waals surface area contributed by atoms with Crippen LogP contribution in [0, 0.1) is 0 Å². The van der Waals surface area contributed by atoms with Gasteiger partial charge in [0, 0.05) is 0 Å². The Labute approximate surface area is 76.2 Å². The number of anilines is 1. The van der Waals surface area contributed by atoms with Crippen LogP contribution in [0.2, 0.25) is 0 Å². The molecule has 0 fully saturated rings. The molecule has 7 heteroatoms. The number of aromatic nitrogens is 2. The molecule has 0 unspecified atom stereocenters. The van der Waals surface area contributed by atoms with Gasteiger partial charge in [-0.1, -0.05) is 0 Å². The molecule has 1 aliphatic heterocycles. The third-order valence-electron chi connectivity index (χ3n) is 1.72. The van der Waals surface area contributed by atoms with E-state index in [0.29, 0.717) is 6.20 Å². The molecular formula is C7H4F3N3O. The summed E-state index contributed by atoms with van der Waals surface area (Å²) < 4.78 is 36.4. The number of carbonyl (C=O) groups is 1. The standard InChI is InChI=1S/C7H4F3N3O/c8-7(9,10)4-2-11-6-3(12-4)1-5(14)13-6/h2H,1H2,(H,11,13,14). The number of hydrogen-bond donors (Lipinski definition) is 1. The van der Waals surface area contributed by atoms with Crippen LogP contribution in [0.15, 0.2) is 6.20 Å². The summed E-state index contributed by atoms with van der Waals surface area (Å²) in [5, 5.41) is 2.30. The Morgan fingerprint density at radius 2 is 2.14 bits per heavy atom. The molecule has 0 aliphatic carbocycles. The summed E-state index contributed by atoms with van der Waals surface area (Å²) in [6.45, 7) is 0. The lowest BCUT2D eigenvalue weighted by molar-refractivity contribution is -0.141. The molecule has 0 saturated heterocycles. The van der Waals surface area contributed by atoms with Crippen LogP contribution in [0.1, 0.15) is 11.4 Å². The molecule has 14 heavy (non-hydrogen) atoms. The van der Waals surface area contributed by atoms with Crippen molar-refractivity contribution < 1.29 is 18.0 Å². The quantitative estimate of drug-likeness (QED) is 0.684. The topological polar surface area (TPSA) is 54.9 Å². The van der Waals surface area contributed by atoms with E-state index in [1.54, 1.807) is 0 Å². The van der Waals surface area contributed by atoms with E-state index in [1.165, 1.54) is 0 Å². The van der Waals surface area contributed by atoms with Crippen LogP contribution < -0.4 is 5.32 Å². The number of halogens is 3. The van der Waals surface area contributed by atoms with Gasteiger partial charge in [0.1, 0.15) is 0 Å². The van der Waals surface area contributed by atoms with E-state index < -0.39 is 11.9 Å². The summed E-state index contributed by atoms with van der Waals surface area (Å²) in [5.74, 6) is -0.276. The lowest BCUT2D eigenvalue weighted by atomic mass is 10.3. The van der Waals surface area contributed by atoms with Crippen LogP contribution in [0.25, 0.3) is 0 Å². The van der Waals surface area contributed by atoms with Gasteiger partial charge in [0.2, 0.25) is 5.91 Å². The van der Waals surface area contributed by atoms with Crippen LogP contribution in [-0.2, 0) is 17.4 Å². The normalized spacial score (nSPS) is 15.2. The van der Waals surface area contributed by atoms with E-state index >= 15 is 0 Å². The second-order valence-electron chi connectivity index (χ2n) is 2.77. The predicted octanol–water partition coefficient (Wildman–Crippen LogP) is 0.990. The molecule has 1 aromatic heterocycles. The predicted molar refractivity (Wildman–Crippen MR) is 39.4 cm³/mol. The summed E-state index contributed by atoms with van der Waals surface area (Å²) in [7, 11) is 0. The first-order valence-electron chi connectivity index (χ1n) is 3.70. The van der Waals surface area contributed by atoms with Gasteiger partial charge in [0.25, 0.3) is 0 Å². The Bertz CT molecular complexity index is 402. The minimum absolute atomic E-state index is 0.0461. The first kappa shape index (κ1) is 8.92. The van der Waals surface area contributed by atoms with Gasteiger partial charge < -0.3 is 5.32 Å². The van der Waals surface area contributed by atoms with E-state index in [9.17, 15) is 18.0 Å². The molecule has 0 spiro atoms. The molecule has 74 valence electrons. The Morgan fingerprint density at radius 3 is 2.79 bits per heavy atom. The number of rotatable bonds is 0. The molecular weight excluding hydrogens is 199 g/mol. The third kappa shape index (κ3) is 1.40. The van der Waals surface area contributed by atoms with E-state index in [-0.39, 0.29) is 23.8 Å². The second-order valence-corrected chi connectivity index (χ2v) is 2.77. The highest BCUT2D eigenvalue weighted by molar-refractivity contribution is 5.97. The van der Waals surface area contributed by atoms with Gasteiger partial charge in [-0.2, -0.15) is 13.2 Å². The molecule has 2 heterocycles. The number of nitrogens with one attached hydrogen (secondary N) is 1. The van der Waals surface area contributed by atoms with Gasteiger partial charge in [-0.3, -0.25) is 4.79 Å². The number of amides is 1. The van der Waals surface area contributed by atoms with Gasteiger partial charge >= 0.3 is 6.18 Å². The smallest absolute Gasteiger partial charge is 0.309 e. The average Bonchev–Trinajstić information content (AvgIpc) is 2.41. The first-order chi connectivity index (χ1) is 6.47. The van der Waals surface area contributed by atoms with Gasteiger partial charge in [0.05, 0.1) is 18.3 Å². The molecule has 0 aromatic carbocycles. The lowest BCUT2D eigenvalue weighted by Crippen LogP contribution is -2.09. The molecule has 1 aliphatic rings. The zero-order valence-corrected chi connectivity index (χ0v) is 6.72. The zero-order valence-electron chi connectivity index (χ0n) is 6.72. The Hall–Kier alpha value is -1.66. The summed E-state index contributed by atoms with van der Waals surface area (Å²) in [4.78, 5) is 17.6. The SMILES string of the molecule is O=C1Cc2nc(C(F)(F)F)cnc2N1. The summed E-state index contributed by atoms with van der Waals surface area (Å²) in [6.07, 6.45) is -4.07. The van der Waals surface area contributed by atoms with Crippen LogP contribution in [0.3, 0.4) is 0 Å². The number of nitrogens with zero attached hydrogens (tertiary/aromatic N) is 2. The zero-order chi connectivity index (χ0) is 10.3. The highest BCUT2D eigenvalue weighted by Gasteiger charge is 2.34. The van der Waals surface area contributed by atoms with Crippen LogP contribution in [-0.4, -0.2) is 15.9 Å². The van der Waals surface area contributed by atoms with Crippen molar-refractivity contribution in [3.8, 4) is 0 Å². The molecule has 1 amide bonds. The molecule has 4 nitrogen and oxygen atoms in total. The van der Waals surface area contributed by atoms with Crippen LogP contribution in [0.4, 0.5) is 19.0 Å². The van der Waals surface area contributed by atoms with E-state index in [1.807, 2.05) is 0 Å². The molecule has 1 N–H and O–H groups in total.